The van der Waals surface area contributed by atoms with Crippen molar-refractivity contribution in [2.45, 2.75) is 0 Å². The third-order valence-electron chi connectivity index (χ3n) is 1.89. The maximum Gasteiger partial charge on any atom is 0.335 e. The number of rotatable bonds is 3. The van der Waals surface area contributed by atoms with Gasteiger partial charge in [-0.2, -0.15) is 0 Å². The molecule has 0 unspecified atom stereocenters. The van der Waals surface area contributed by atoms with Gasteiger partial charge in [-0.3, -0.25) is 0 Å². The number of aromatic nitrogens is 2. The highest BCUT2D eigenvalue weighted by Crippen LogP contribution is 2.18. The summed E-state index contributed by atoms with van der Waals surface area (Å²) in [5, 5.41) is 8.78. The van der Waals surface area contributed by atoms with Gasteiger partial charge in [-0.05, 0) is 18.2 Å². The Kier molecular flexibility index (Phi) is 2.95. The Morgan fingerprint density at radius 2 is 2.00 bits per heavy atom. The normalized spacial score (nSPS) is 9.94. The SMILES string of the molecule is O=C(O)c1cccc(Oc2ncc(F)cn2)c1. The highest BCUT2D eigenvalue weighted by atomic mass is 19.1. The Bertz CT molecular complexity index is 543. The Morgan fingerprint density at radius 1 is 1.29 bits per heavy atom. The number of carboxylic acids is 1. The van der Waals surface area contributed by atoms with Gasteiger partial charge >= 0.3 is 12.0 Å². The van der Waals surface area contributed by atoms with Crippen molar-refractivity contribution >= 4 is 5.97 Å². The average molecular weight is 234 g/mol. The van der Waals surface area contributed by atoms with E-state index in [4.69, 9.17) is 9.84 Å². The highest BCUT2D eigenvalue weighted by Gasteiger charge is 2.05. The van der Waals surface area contributed by atoms with Crippen LogP contribution in [0.15, 0.2) is 36.7 Å². The van der Waals surface area contributed by atoms with Crippen LogP contribution in [0.5, 0.6) is 11.8 Å². The van der Waals surface area contributed by atoms with Crippen molar-refractivity contribution in [3.8, 4) is 11.8 Å². The third-order valence-corrected chi connectivity index (χ3v) is 1.89. The zero-order chi connectivity index (χ0) is 12.3. The van der Waals surface area contributed by atoms with E-state index in [0.717, 1.165) is 12.4 Å². The number of nitrogens with zero attached hydrogens (tertiary/aromatic N) is 2. The van der Waals surface area contributed by atoms with Crippen molar-refractivity contribution in [1.82, 2.24) is 9.97 Å². The van der Waals surface area contributed by atoms with Crippen LogP contribution in [0, 0.1) is 5.82 Å². The van der Waals surface area contributed by atoms with E-state index in [1.165, 1.54) is 18.2 Å². The molecule has 1 aromatic heterocycles. The van der Waals surface area contributed by atoms with Gasteiger partial charge in [-0.15, -0.1) is 0 Å². The zero-order valence-electron chi connectivity index (χ0n) is 8.50. The van der Waals surface area contributed by atoms with Crippen molar-refractivity contribution in [2.75, 3.05) is 0 Å². The Balaban J connectivity index is 2.21. The third kappa shape index (κ3) is 2.75. The fourth-order valence-electron chi connectivity index (χ4n) is 1.15. The summed E-state index contributed by atoms with van der Waals surface area (Å²) in [7, 11) is 0. The van der Waals surface area contributed by atoms with Gasteiger partial charge in [0.1, 0.15) is 5.75 Å². The van der Waals surface area contributed by atoms with E-state index in [0.29, 0.717) is 0 Å². The fourth-order valence-corrected chi connectivity index (χ4v) is 1.15. The molecular weight excluding hydrogens is 227 g/mol. The minimum absolute atomic E-state index is 0.0473. The van der Waals surface area contributed by atoms with Crippen LogP contribution in [0.2, 0.25) is 0 Å². The maximum absolute atomic E-state index is 12.5. The van der Waals surface area contributed by atoms with E-state index in [-0.39, 0.29) is 17.3 Å². The van der Waals surface area contributed by atoms with Crippen molar-refractivity contribution in [3.63, 3.8) is 0 Å². The van der Waals surface area contributed by atoms with Crippen LogP contribution in [0.3, 0.4) is 0 Å². The van der Waals surface area contributed by atoms with Crippen molar-refractivity contribution in [1.29, 1.82) is 0 Å². The minimum Gasteiger partial charge on any atom is -0.478 e. The molecule has 0 aliphatic carbocycles. The number of aromatic carboxylic acids is 1. The summed E-state index contributed by atoms with van der Waals surface area (Å²) in [6.07, 6.45) is 1.92. The molecule has 86 valence electrons. The second kappa shape index (κ2) is 4.56. The van der Waals surface area contributed by atoms with E-state index in [1.54, 1.807) is 6.07 Å². The second-order valence-electron chi connectivity index (χ2n) is 3.12. The van der Waals surface area contributed by atoms with E-state index in [2.05, 4.69) is 9.97 Å². The molecule has 0 fully saturated rings. The van der Waals surface area contributed by atoms with Crippen LogP contribution >= 0.6 is 0 Å². The van der Waals surface area contributed by atoms with Crippen LogP contribution in [-0.2, 0) is 0 Å². The average Bonchev–Trinajstić information content (AvgIpc) is 2.32. The molecule has 1 N–H and O–H groups in total. The van der Waals surface area contributed by atoms with E-state index in [1.807, 2.05) is 0 Å². The largest absolute Gasteiger partial charge is 0.478 e. The molecule has 0 saturated carbocycles. The zero-order valence-corrected chi connectivity index (χ0v) is 8.50. The molecule has 0 radical (unpaired) electrons. The van der Waals surface area contributed by atoms with Crippen LogP contribution in [0.1, 0.15) is 10.4 Å². The number of ether oxygens (including phenoxy) is 1. The van der Waals surface area contributed by atoms with Crippen LogP contribution in [-0.4, -0.2) is 21.0 Å². The van der Waals surface area contributed by atoms with E-state index >= 15 is 0 Å². The highest BCUT2D eigenvalue weighted by molar-refractivity contribution is 5.88. The summed E-state index contributed by atoms with van der Waals surface area (Å²) in [4.78, 5) is 17.9. The number of hydrogen-bond acceptors (Lipinski definition) is 4. The lowest BCUT2D eigenvalue weighted by Crippen LogP contribution is -1.97. The summed E-state index contributed by atoms with van der Waals surface area (Å²) in [6, 6.07) is 5.80. The van der Waals surface area contributed by atoms with Crippen molar-refractivity contribution in [2.24, 2.45) is 0 Å². The summed E-state index contributed by atoms with van der Waals surface area (Å²) in [5.41, 5.74) is 0.0876. The van der Waals surface area contributed by atoms with Gasteiger partial charge < -0.3 is 9.84 Å². The molecule has 2 rings (SSSR count). The lowest BCUT2D eigenvalue weighted by Gasteiger charge is -2.03. The maximum atomic E-state index is 12.5. The number of carbonyl (C=O) groups is 1. The monoisotopic (exact) mass is 234 g/mol. The minimum atomic E-state index is -1.06. The molecule has 2 aromatic rings. The first-order chi connectivity index (χ1) is 8.15. The molecule has 1 aromatic carbocycles. The summed E-state index contributed by atoms with van der Waals surface area (Å²) in [6.45, 7) is 0. The smallest absolute Gasteiger partial charge is 0.335 e. The first kappa shape index (κ1) is 11.0. The predicted octanol–water partition coefficient (Wildman–Crippen LogP) is 2.11. The molecule has 0 aliphatic rings. The van der Waals surface area contributed by atoms with Gasteiger partial charge in [0.25, 0.3) is 0 Å². The topological polar surface area (TPSA) is 72.3 Å². The van der Waals surface area contributed by atoms with Gasteiger partial charge in [-0.1, -0.05) is 6.07 Å². The first-order valence-corrected chi connectivity index (χ1v) is 4.64. The molecule has 0 amide bonds. The molecule has 5 nitrogen and oxygen atoms in total. The van der Waals surface area contributed by atoms with E-state index < -0.39 is 11.8 Å². The quantitative estimate of drug-likeness (QED) is 0.880. The summed E-state index contributed by atoms with van der Waals surface area (Å²) < 4.78 is 17.7. The number of benzene rings is 1. The molecule has 0 spiro atoms. The van der Waals surface area contributed by atoms with Gasteiger partial charge in [-0.25, -0.2) is 19.2 Å². The molecular formula is C11H7FN2O3. The van der Waals surface area contributed by atoms with Gasteiger partial charge in [0.15, 0.2) is 5.82 Å². The first-order valence-electron chi connectivity index (χ1n) is 4.64. The number of hydrogen-bond donors (Lipinski definition) is 1. The standard InChI is InChI=1S/C11H7FN2O3/c12-8-5-13-11(14-6-8)17-9-3-1-2-7(4-9)10(15)16/h1-6H,(H,15,16). The molecule has 0 bridgehead atoms. The molecule has 0 atom stereocenters. The van der Waals surface area contributed by atoms with Crippen LogP contribution < -0.4 is 4.74 Å². The molecule has 1 heterocycles. The number of carboxylic acid groups (broad SMARTS) is 1. The molecule has 0 aliphatic heterocycles. The van der Waals surface area contributed by atoms with Gasteiger partial charge in [0.05, 0.1) is 18.0 Å². The Hall–Kier alpha value is -2.50. The van der Waals surface area contributed by atoms with E-state index in [9.17, 15) is 9.18 Å². The second-order valence-corrected chi connectivity index (χ2v) is 3.12. The van der Waals surface area contributed by atoms with Crippen molar-refractivity contribution < 1.29 is 19.0 Å². The lowest BCUT2D eigenvalue weighted by atomic mass is 10.2. The molecule has 6 heteroatoms. The van der Waals surface area contributed by atoms with Crippen molar-refractivity contribution in [3.05, 3.63) is 48.0 Å². The fraction of sp³-hybridized carbons (Fsp3) is 0. The lowest BCUT2D eigenvalue weighted by molar-refractivity contribution is 0.0696. The Labute approximate surface area is 95.5 Å². The van der Waals surface area contributed by atoms with Crippen LogP contribution in [0.4, 0.5) is 4.39 Å². The van der Waals surface area contributed by atoms with Gasteiger partial charge in [0.2, 0.25) is 0 Å². The Morgan fingerprint density at radius 3 is 2.65 bits per heavy atom. The predicted molar refractivity (Wildman–Crippen MR) is 55.5 cm³/mol. The summed E-state index contributed by atoms with van der Waals surface area (Å²) in [5.74, 6) is -1.36. The molecule has 17 heavy (non-hydrogen) atoms. The summed E-state index contributed by atoms with van der Waals surface area (Å²) >= 11 is 0. The van der Waals surface area contributed by atoms with Crippen LogP contribution in [0.25, 0.3) is 0 Å². The molecule has 0 saturated heterocycles. The number of halogens is 1. The van der Waals surface area contributed by atoms with Gasteiger partial charge in [0, 0.05) is 0 Å².